The van der Waals surface area contributed by atoms with Crippen LogP contribution in [0.5, 0.6) is 0 Å². The Hall–Kier alpha value is -2.41. The van der Waals surface area contributed by atoms with Gasteiger partial charge in [-0.3, -0.25) is 9.59 Å². The Labute approximate surface area is 279 Å². The molecule has 1 aromatic carbocycles. The summed E-state index contributed by atoms with van der Waals surface area (Å²) in [5.41, 5.74) is -4.88. The molecule has 3 fully saturated rings. The lowest BCUT2D eigenvalue weighted by atomic mass is 9.44. The number of hydrogen-bond acceptors (Lipinski definition) is 10. The minimum absolute atomic E-state index is 0.0623. The second-order valence-electron chi connectivity index (χ2n) is 14.7. The van der Waals surface area contributed by atoms with Gasteiger partial charge in [0, 0.05) is 32.3 Å². The van der Waals surface area contributed by atoms with Crippen molar-refractivity contribution in [2.75, 3.05) is 13.7 Å². The first-order valence-electron chi connectivity index (χ1n) is 17.0. The van der Waals surface area contributed by atoms with E-state index in [2.05, 4.69) is 20.8 Å². The summed E-state index contributed by atoms with van der Waals surface area (Å²) in [5.74, 6) is -2.75. The number of Topliss-reactive ketones (excluding diaryl/α,β-unsaturated/α-hetero) is 1. The van der Waals surface area contributed by atoms with Crippen LogP contribution in [-0.4, -0.2) is 91.7 Å². The van der Waals surface area contributed by atoms with Crippen molar-refractivity contribution in [3.63, 3.8) is 0 Å². The molecular formula is C36H52O10Si. The number of hydrogen-bond donors (Lipinski definition) is 2. The van der Waals surface area contributed by atoms with E-state index in [1.165, 1.54) is 14.0 Å². The van der Waals surface area contributed by atoms with Gasteiger partial charge < -0.3 is 33.6 Å². The van der Waals surface area contributed by atoms with Crippen LogP contribution in [0.1, 0.15) is 78.6 Å². The molecule has 2 N–H and O–H groups in total. The number of fused-ring (bicyclic) bond motifs is 5. The number of carbonyl (C=O) groups is 3. The highest BCUT2D eigenvalue weighted by molar-refractivity contribution is 6.73. The zero-order valence-corrected chi connectivity index (χ0v) is 30.3. The summed E-state index contributed by atoms with van der Waals surface area (Å²) in [6.07, 6.45) is -5.10. The quantitative estimate of drug-likeness (QED) is 0.215. The minimum Gasteiger partial charge on any atom is -0.455 e. The molecule has 1 saturated heterocycles. The Balaban J connectivity index is 1.86. The predicted octanol–water partition coefficient (Wildman–Crippen LogP) is 4.77. The van der Waals surface area contributed by atoms with E-state index < -0.39 is 78.7 Å². The molecule has 1 aromatic rings. The molecule has 260 valence electrons. The van der Waals surface area contributed by atoms with Crippen molar-refractivity contribution in [1.29, 1.82) is 0 Å². The van der Waals surface area contributed by atoms with Crippen LogP contribution in [0.2, 0.25) is 18.1 Å². The van der Waals surface area contributed by atoms with Crippen molar-refractivity contribution in [3.05, 3.63) is 47.0 Å². The van der Waals surface area contributed by atoms with Crippen molar-refractivity contribution in [3.8, 4) is 0 Å². The molecule has 2 saturated carbocycles. The Morgan fingerprint density at radius 2 is 1.68 bits per heavy atom. The van der Waals surface area contributed by atoms with Crippen molar-refractivity contribution in [2.24, 2.45) is 16.7 Å². The molecule has 47 heavy (non-hydrogen) atoms. The second kappa shape index (κ2) is 12.5. The van der Waals surface area contributed by atoms with E-state index in [0.29, 0.717) is 11.1 Å². The Morgan fingerprint density at radius 3 is 2.19 bits per heavy atom. The fourth-order valence-corrected chi connectivity index (χ4v) is 12.2. The molecule has 5 rings (SSSR count). The first-order chi connectivity index (χ1) is 22.0. The average Bonchev–Trinajstić information content (AvgIpc) is 3.03. The van der Waals surface area contributed by atoms with Crippen molar-refractivity contribution in [1.82, 2.24) is 0 Å². The van der Waals surface area contributed by atoms with E-state index in [1.807, 2.05) is 0 Å². The third-order valence-electron chi connectivity index (χ3n) is 12.5. The lowest BCUT2D eigenvalue weighted by Crippen LogP contribution is -2.82. The molecule has 0 radical (unpaired) electrons. The van der Waals surface area contributed by atoms with Crippen LogP contribution in [0.4, 0.5) is 0 Å². The number of esters is 2. The van der Waals surface area contributed by atoms with Gasteiger partial charge in [-0.1, -0.05) is 52.8 Å². The summed E-state index contributed by atoms with van der Waals surface area (Å²) in [6, 6.07) is 10.9. The third kappa shape index (κ3) is 5.18. The predicted molar refractivity (Wildman–Crippen MR) is 176 cm³/mol. The zero-order valence-electron chi connectivity index (χ0n) is 29.3. The maximum absolute atomic E-state index is 15.5. The number of methoxy groups -OCH3 is 1. The van der Waals surface area contributed by atoms with Crippen LogP contribution in [0.3, 0.4) is 0 Å². The van der Waals surface area contributed by atoms with E-state index >= 15 is 4.79 Å². The Bertz CT molecular complexity index is 1410. The van der Waals surface area contributed by atoms with Gasteiger partial charge in [-0.15, -0.1) is 0 Å². The molecule has 10 nitrogen and oxygen atoms in total. The van der Waals surface area contributed by atoms with Gasteiger partial charge in [0.1, 0.15) is 23.9 Å². The van der Waals surface area contributed by atoms with Crippen molar-refractivity contribution in [2.45, 2.75) is 128 Å². The van der Waals surface area contributed by atoms with Gasteiger partial charge >= 0.3 is 11.9 Å². The minimum atomic E-state index is -2.39. The van der Waals surface area contributed by atoms with E-state index in [1.54, 1.807) is 58.0 Å². The number of aliphatic hydroxyl groups is 2. The molecule has 9 atom stereocenters. The van der Waals surface area contributed by atoms with Gasteiger partial charge in [-0.05, 0) is 55.3 Å². The summed E-state index contributed by atoms with van der Waals surface area (Å²) in [6.45, 7) is 14.7. The fourth-order valence-electron chi connectivity index (χ4n) is 9.30. The smallest absolute Gasteiger partial charge is 0.338 e. The Morgan fingerprint density at radius 1 is 1.06 bits per heavy atom. The van der Waals surface area contributed by atoms with Gasteiger partial charge in [0.25, 0.3) is 0 Å². The van der Waals surface area contributed by atoms with Crippen molar-refractivity contribution < 1.29 is 48.0 Å². The SMILES string of the molecule is CC[Si](CC)(CC)O[C@H]1C[C@H]2OC[C@@]2(OC(C)=O)[C@H]2[C@H](OC(=O)c3ccccc3)[C@]3(O)C[C@H](O)C(C)=C([C@@H](OC)C(=O)[C@]12C)C3(C)C. The normalized spacial score (nSPS) is 37.9. The molecule has 2 bridgehead atoms. The highest BCUT2D eigenvalue weighted by Gasteiger charge is 2.78. The topological polar surface area (TPSA) is 138 Å². The summed E-state index contributed by atoms with van der Waals surface area (Å²) in [7, 11) is -0.939. The van der Waals surface area contributed by atoms with Gasteiger partial charge in [0.2, 0.25) is 0 Å². The Kier molecular flexibility index (Phi) is 9.53. The summed E-state index contributed by atoms with van der Waals surface area (Å²) < 4.78 is 32.1. The summed E-state index contributed by atoms with van der Waals surface area (Å²) >= 11 is 0. The van der Waals surface area contributed by atoms with Crippen molar-refractivity contribution >= 4 is 26.0 Å². The van der Waals surface area contributed by atoms with Gasteiger partial charge in [-0.2, -0.15) is 0 Å². The van der Waals surface area contributed by atoms with Gasteiger partial charge in [-0.25, -0.2) is 4.79 Å². The fraction of sp³-hybridized carbons (Fsp3) is 0.694. The molecule has 0 unspecified atom stereocenters. The van der Waals surface area contributed by atoms with E-state index in [9.17, 15) is 19.8 Å². The third-order valence-corrected chi connectivity index (χ3v) is 17.1. The molecule has 0 amide bonds. The summed E-state index contributed by atoms with van der Waals surface area (Å²) in [5, 5.41) is 24.7. The molecule has 4 aliphatic rings. The van der Waals surface area contributed by atoms with Crippen LogP contribution in [-0.2, 0) is 33.0 Å². The number of rotatable bonds is 9. The number of aliphatic hydroxyl groups excluding tert-OH is 1. The highest BCUT2D eigenvalue weighted by atomic mass is 28.4. The molecule has 11 heteroatoms. The van der Waals surface area contributed by atoms with Crippen LogP contribution < -0.4 is 0 Å². The standard InChI is InChI=1S/C36H52O10Si/c1-10-47(11-2,12-3)46-25-18-26-35(20-43-26,45-22(5)37)29-31(44-32(40)23-16-14-13-15-17-23)36(41)19-24(38)21(4)27(33(36,6)7)28(42-9)30(39)34(25,29)8/h13-17,24-26,28-29,31,38,41H,10-12,18-20H2,1-9H3/t24-,25-,26+,28+,29-,31-,34+,35-,36+/m0/s1. The lowest BCUT2D eigenvalue weighted by Gasteiger charge is -2.68. The lowest BCUT2D eigenvalue weighted by molar-refractivity contribution is -0.344. The molecule has 0 aromatic heterocycles. The van der Waals surface area contributed by atoms with Crippen LogP contribution in [0.15, 0.2) is 41.5 Å². The van der Waals surface area contributed by atoms with Crippen LogP contribution >= 0.6 is 0 Å². The largest absolute Gasteiger partial charge is 0.455 e. The molecule has 1 aliphatic heterocycles. The number of ketones is 1. The molecule has 1 heterocycles. The first-order valence-corrected chi connectivity index (χ1v) is 19.5. The van der Waals surface area contributed by atoms with E-state index in [0.717, 1.165) is 18.1 Å². The van der Waals surface area contributed by atoms with E-state index in [4.69, 9.17) is 23.4 Å². The zero-order chi connectivity index (χ0) is 34.7. The number of carbonyl (C=O) groups excluding carboxylic acids is 3. The molecular weight excluding hydrogens is 620 g/mol. The number of benzene rings is 1. The second-order valence-corrected chi connectivity index (χ2v) is 19.5. The van der Waals surface area contributed by atoms with Crippen LogP contribution in [0, 0.1) is 16.7 Å². The summed E-state index contributed by atoms with van der Waals surface area (Å²) in [4.78, 5) is 42.5. The number of ether oxygens (including phenoxy) is 4. The maximum atomic E-state index is 15.5. The van der Waals surface area contributed by atoms with Gasteiger partial charge in [0.05, 0.1) is 35.7 Å². The van der Waals surface area contributed by atoms with Gasteiger partial charge in [0.15, 0.2) is 19.7 Å². The monoisotopic (exact) mass is 672 g/mol. The molecule has 3 aliphatic carbocycles. The average molecular weight is 673 g/mol. The highest BCUT2D eigenvalue weighted by Crippen LogP contribution is 2.65. The van der Waals surface area contributed by atoms with Crippen LogP contribution in [0.25, 0.3) is 0 Å². The maximum Gasteiger partial charge on any atom is 0.338 e. The molecule has 0 spiro atoms. The van der Waals surface area contributed by atoms with E-state index in [-0.39, 0.29) is 30.8 Å². The first kappa shape index (κ1) is 35.9.